The molecule has 7 heteroatoms. The second-order valence-corrected chi connectivity index (χ2v) is 6.06. The van der Waals surface area contributed by atoms with E-state index in [1.165, 1.54) is 0 Å². The Morgan fingerprint density at radius 2 is 1.91 bits per heavy atom. The summed E-state index contributed by atoms with van der Waals surface area (Å²) in [4.78, 5) is 12.2. The van der Waals surface area contributed by atoms with Crippen molar-refractivity contribution in [1.82, 2.24) is 0 Å². The molecule has 0 aromatic heterocycles. The summed E-state index contributed by atoms with van der Waals surface area (Å²) in [5.41, 5.74) is 0.386. The summed E-state index contributed by atoms with van der Waals surface area (Å²) in [6.07, 6.45) is -4.29. The van der Waals surface area contributed by atoms with Crippen LogP contribution in [0.5, 0.6) is 0 Å². The summed E-state index contributed by atoms with van der Waals surface area (Å²) in [5, 5.41) is 19.1. The van der Waals surface area contributed by atoms with Gasteiger partial charge in [0, 0.05) is 0 Å². The van der Waals surface area contributed by atoms with Gasteiger partial charge in [0.25, 0.3) is 0 Å². The van der Waals surface area contributed by atoms with Gasteiger partial charge in [0.15, 0.2) is 11.9 Å². The van der Waals surface area contributed by atoms with Gasteiger partial charge in [-0.2, -0.15) is 0 Å². The van der Waals surface area contributed by atoms with Crippen molar-refractivity contribution in [2.24, 2.45) is 0 Å². The highest BCUT2D eigenvalue weighted by Gasteiger charge is 2.58. The Balaban J connectivity index is 1.75. The number of aliphatic hydroxyl groups is 2. The van der Waals surface area contributed by atoms with Crippen molar-refractivity contribution >= 4 is 5.97 Å². The molecule has 5 atom stereocenters. The summed E-state index contributed by atoms with van der Waals surface area (Å²) >= 11 is 0. The largest absolute Gasteiger partial charge is 0.429 e. The number of hydrogen-bond donors (Lipinski definition) is 2. The lowest BCUT2D eigenvalue weighted by molar-refractivity contribution is -0.231. The monoisotopic (exact) mass is 324 g/mol. The van der Waals surface area contributed by atoms with Crippen LogP contribution in [0.1, 0.15) is 24.2 Å². The third-order valence-corrected chi connectivity index (χ3v) is 3.85. The molecular weight excluding hydrogens is 304 g/mol. The first kappa shape index (κ1) is 16.4. The normalized spacial score (nSPS) is 33.2. The van der Waals surface area contributed by atoms with Gasteiger partial charge in [0.05, 0.1) is 12.2 Å². The number of benzene rings is 1. The quantitative estimate of drug-likeness (QED) is 0.776. The maximum Gasteiger partial charge on any atom is 0.340 e. The number of carbonyl (C=O) groups is 1. The van der Waals surface area contributed by atoms with Crippen LogP contribution >= 0.6 is 0 Å². The van der Waals surface area contributed by atoms with E-state index in [0.29, 0.717) is 5.56 Å². The highest BCUT2D eigenvalue weighted by molar-refractivity contribution is 5.89. The number of fused-ring (bicyclic) bond motifs is 1. The van der Waals surface area contributed by atoms with Crippen LogP contribution in [0.2, 0.25) is 0 Å². The van der Waals surface area contributed by atoms with E-state index >= 15 is 0 Å². The fourth-order valence-electron chi connectivity index (χ4n) is 2.85. The minimum Gasteiger partial charge on any atom is -0.429 e. The fourth-order valence-corrected chi connectivity index (χ4v) is 2.85. The third-order valence-electron chi connectivity index (χ3n) is 3.85. The van der Waals surface area contributed by atoms with Crippen LogP contribution in [0.4, 0.5) is 0 Å². The van der Waals surface area contributed by atoms with Crippen LogP contribution in [0.25, 0.3) is 0 Å². The second-order valence-electron chi connectivity index (χ2n) is 6.06. The minimum absolute atomic E-state index is 0.386. The summed E-state index contributed by atoms with van der Waals surface area (Å²) in [7, 11) is 0. The molecule has 23 heavy (non-hydrogen) atoms. The van der Waals surface area contributed by atoms with Crippen molar-refractivity contribution in [3.05, 3.63) is 35.9 Å². The molecule has 3 rings (SSSR count). The molecule has 1 aromatic carbocycles. The van der Waals surface area contributed by atoms with E-state index in [2.05, 4.69) is 0 Å². The van der Waals surface area contributed by atoms with Gasteiger partial charge < -0.3 is 29.2 Å². The molecule has 1 aromatic rings. The molecule has 0 radical (unpaired) electrons. The van der Waals surface area contributed by atoms with Gasteiger partial charge in [-0.3, -0.25) is 0 Å². The maximum absolute atomic E-state index is 12.2. The first-order valence-electron chi connectivity index (χ1n) is 7.47. The van der Waals surface area contributed by atoms with E-state index in [1.807, 2.05) is 0 Å². The zero-order valence-corrected chi connectivity index (χ0v) is 12.9. The molecule has 2 aliphatic heterocycles. The molecule has 2 N–H and O–H groups in total. The van der Waals surface area contributed by atoms with Gasteiger partial charge in [-0.1, -0.05) is 18.2 Å². The average Bonchev–Trinajstić information content (AvgIpc) is 3.01. The van der Waals surface area contributed by atoms with Crippen LogP contribution < -0.4 is 0 Å². The Morgan fingerprint density at radius 1 is 1.26 bits per heavy atom. The SMILES string of the molecule is CC1(C)O[C@@H]2[C@H]([C@H](O)CO)OC(OC(=O)c3ccccc3)[C@@H]2O1. The van der Waals surface area contributed by atoms with Crippen LogP contribution in [0, 0.1) is 0 Å². The lowest BCUT2D eigenvalue weighted by Gasteiger charge is -2.25. The standard InChI is InChI=1S/C16H20O7/c1-16(2)22-12-11(10(18)8-17)20-15(13(12)23-16)21-14(19)9-6-4-3-5-7-9/h3-7,10-13,15,17-18H,8H2,1-2H3/t10-,11+,12-,13-,15?/m1/s1. The van der Waals surface area contributed by atoms with Gasteiger partial charge in [-0.25, -0.2) is 4.79 Å². The predicted octanol–water partition coefficient (Wildman–Crippen LogP) is 0.442. The summed E-state index contributed by atoms with van der Waals surface area (Å²) < 4.78 is 22.4. The number of carbonyl (C=O) groups excluding carboxylic acids is 1. The number of ether oxygens (including phenoxy) is 4. The molecule has 7 nitrogen and oxygen atoms in total. The van der Waals surface area contributed by atoms with E-state index < -0.39 is 49.1 Å². The Hall–Kier alpha value is -1.51. The van der Waals surface area contributed by atoms with E-state index in [-0.39, 0.29) is 0 Å². The molecule has 0 amide bonds. The van der Waals surface area contributed by atoms with E-state index in [4.69, 9.17) is 24.1 Å². The Kier molecular flexibility index (Phi) is 4.39. The van der Waals surface area contributed by atoms with Crippen molar-refractivity contribution in [2.45, 2.75) is 50.3 Å². The fraction of sp³-hybridized carbons (Fsp3) is 0.562. The molecular formula is C16H20O7. The molecule has 0 saturated carbocycles. The van der Waals surface area contributed by atoms with Crippen molar-refractivity contribution in [3.8, 4) is 0 Å². The van der Waals surface area contributed by atoms with Gasteiger partial charge in [0.2, 0.25) is 6.29 Å². The highest BCUT2D eigenvalue weighted by atomic mass is 16.8. The second kappa shape index (κ2) is 6.18. The third kappa shape index (κ3) is 3.24. The van der Waals surface area contributed by atoms with Crippen molar-refractivity contribution in [3.63, 3.8) is 0 Å². The smallest absolute Gasteiger partial charge is 0.340 e. The summed E-state index contributed by atoms with van der Waals surface area (Å²) in [5.74, 6) is -1.44. The number of rotatable bonds is 4. The zero-order chi connectivity index (χ0) is 16.6. The predicted molar refractivity (Wildman–Crippen MR) is 77.4 cm³/mol. The number of esters is 1. The molecule has 1 unspecified atom stereocenters. The van der Waals surface area contributed by atoms with Crippen LogP contribution in [-0.4, -0.2) is 59.3 Å². The Labute approximate surface area is 133 Å². The van der Waals surface area contributed by atoms with Gasteiger partial charge >= 0.3 is 5.97 Å². The van der Waals surface area contributed by atoms with Crippen molar-refractivity contribution < 1.29 is 34.0 Å². The lowest BCUT2D eigenvalue weighted by atomic mass is 10.1. The minimum atomic E-state index is -1.15. The molecule has 0 spiro atoms. The summed E-state index contributed by atoms with van der Waals surface area (Å²) in [6.45, 7) is 2.96. The molecule has 2 aliphatic rings. The lowest BCUT2D eigenvalue weighted by Crippen LogP contribution is -2.40. The van der Waals surface area contributed by atoms with E-state index in [0.717, 1.165) is 0 Å². The van der Waals surface area contributed by atoms with Crippen LogP contribution in [0.15, 0.2) is 30.3 Å². The molecule has 126 valence electrons. The van der Waals surface area contributed by atoms with Crippen molar-refractivity contribution in [1.29, 1.82) is 0 Å². The summed E-state index contributed by atoms with van der Waals surface area (Å²) in [6, 6.07) is 8.51. The highest BCUT2D eigenvalue weighted by Crippen LogP contribution is 2.40. The molecule has 0 bridgehead atoms. The molecule has 2 fully saturated rings. The molecule has 2 heterocycles. The Bertz CT molecular complexity index is 559. The first-order valence-corrected chi connectivity index (χ1v) is 7.47. The first-order chi connectivity index (χ1) is 10.9. The molecule has 0 aliphatic carbocycles. The Morgan fingerprint density at radius 3 is 2.57 bits per heavy atom. The van der Waals surface area contributed by atoms with Crippen LogP contribution in [0.3, 0.4) is 0 Å². The number of hydrogen-bond acceptors (Lipinski definition) is 7. The van der Waals surface area contributed by atoms with Crippen molar-refractivity contribution in [2.75, 3.05) is 6.61 Å². The molecule has 2 saturated heterocycles. The van der Waals surface area contributed by atoms with E-state index in [1.54, 1.807) is 44.2 Å². The van der Waals surface area contributed by atoms with Gasteiger partial charge in [-0.05, 0) is 26.0 Å². The topological polar surface area (TPSA) is 94.5 Å². The maximum atomic E-state index is 12.2. The zero-order valence-electron chi connectivity index (χ0n) is 12.9. The van der Waals surface area contributed by atoms with Gasteiger partial charge in [-0.15, -0.1) is 0 Å². The van der Waals surface area contributed by atoms with Crippen LogP contribution in [-0.2, 0) is 18.9 Å². The average molecular weight is 324 g/mol. The number of aliphatic hydroxyl groups excluding tert-OH is 2. The van der Waals surface area contributed by atoms with E-state index in [9.17, 15) is 9.90 Å². The van der Waals surface area contributed by atoms with Gasteiger partial charge in [0.1, 0.15) is 18.3 Å².